The summed E-state index contributed by atoms with van der Waals surface area (Å²) in [4.78, 5) is 0. The number of ether oxygens (including phenoxy) is 2. The lowest BCUT2D eigenvalue weighted by Gasteiger charge is -2.34. The van der Waals surface area contributed by atoms with Crippen LogP contribution in [0.2, 0.25) is 5.02 Å². The van der Waals surface area contributed by atoms with Gasteiger partial charge in [-0.1, -0.05) is 11.6 Å². The van der Waals surface area contributed by atoms with Crippen molar-refractivity contribution in [1.82, 2.24) is 5.32 Å². The fourth-order valence-corrected chi connectivity index (χ4v) is 2.49. The average molecular weight is 286 g/mol. The summed E-state index contributed by atoms with van der Waals surface area (Å²) in [6.45, 7) is 6.88. The molecule has 1 N–H and O–H groups in total. The smallest absolute Gasteiger partial charge is 0.122 e. The summed E-state index contributed by atoms with van der Waals surface area (Å²) in [7, 11) is 3.62. The second kappa shape index (κ2) is 7.13. The molecule has 0 aromatic heterocycles. The molecule has 0 amide bonds. The molecule has 4 heteroatoms. The predicted octanol–water partition coefficient (Wildman–Crippen LogP) is 3.29. The van der Waals surface area contributed by atoms with Crippen molar-refractivity contribution in [2.45, 2.75) is 38.8 Å². The molecule has 0 saturated heterocycles. The lowest BCUT2D eigenvalue weighted by molar-refractivity contribution is -0.0364. The van der Waals surface area contributed by atoms with Gasteiger partial charge in [-0.15, -0.1) is 0 Å². The summed E-state index contributed by atoms with van der Waals surface area (Å²) in [5, 5.41) is 4.04. The van der Waals surface area contributed by atoms with Gasteiger partial charge in [0.05, 0.1) is 12.7 Å². The van der Waals surface area contributed by atoms with Crippen molar-refractivity contribution in [3.05, 3.63) is 28.8 Å². The number of benzene rings is 1. The molecule has 0 spiro atoms. The van der Waals surface area contributed by atoms with Crippen molar-refractivity contribution >= 4 is 11.6 Å². The fourth-order valence-electron chi connectivity index (χ4n) is 2.29. The van der Waals surface area contributed by atoms with E-state index >= 15 is 0 Å². The van der Waals surface area contributed by atoms with Crippen LogP contribution in [0.15, 0.2) is 18.2 Å². The quantitative estimate of drug-likeness (QED) is 0.834. The predicted molar refractivity (Wildman–Crippen MR) is 80.3 cm³/mol. The Morgan fingerprint density at radius 2 is 2.05 bits per heavy atom. The van der Waals surface area contributed by atoms with Crippen LogP contribution >= 0.6 is 11.6 Å². The maximum Gasteiger partial charge on any atom is 0.122 e. The molecule has 108 valence electrons. The third-order valence-corrected chi connectivity index (χ3v) is 3.61. The number of hydrogen-bond acceptors (Lipinski definition) is 3. The van der Waals surface area contributed by atoms with Gasteiger partial charge in [-0.25, -0.2) is 0 Å². The monoisotopic (exact) mass is 285 g/mol. The Bertz CT molecular complexity index is 407. The summed E-state index contributed by atoms with van der Waals surface area (Å²) >= 11 is 6.07. The van der Waals surface area contributed by atoms with E-state index in [9.17, 15) is 0 Å². The molecule has 1 aromatic rings. The topological polar surface area (TPSA) is 30.5 Å². The van der Waals surface area contributed by atoms with Crippen LogP contribution in [0, 0.1) is 0 Å². The zero-order valence-electron chi connectivity index (χ0n) is 12.4. The van der Waals surface area contributed by atoms with Gasteiger partial charge in [0.1, 0.15) is 5.75 Å². The summed E-state index contributed by atoms with van der Waals surface area (Å²) in [6.07, 6.45) is 0.799. The van der Waals surface area contributed by atoms with Gasteiger partial charge in [0.2, 0.25) is 0 Å². The Hall–Kier alpha value is -0.770. The van der Waals surface area contributed by atoms with Crippen molar-refractivity contribution in [1.29, 1.82) is 0 Å². The maximum atomic E-state index is 6.07. The highest BCUT2D eigenvalue weighted by atomic mass is 35.5. The first-order valence-corrected chi connectivity index (χ1v) is 6.96. The Balaban J connectivity index is 2.95. The normalized spacial score (nSPS) is 13.4. The first-order valence-electron chi connectivity index (χ1n) is 6.58. The van der Waals surface area contributed by atoms with Crippen LogP contribution in [0.25, 0.3) is 0 Å². The van der Waals surface area contributed by atoms with Crippen molar-refractivity contribution in [2.75, 3.05) is 20.8 Å². The molecule has 0 heterocycles. The number of methoxy groups -OCH3 is 1. The van der Waals surface area contributed by atoms with Crippen LogP contribution in [-0.4, -0.2) is 32.4 Å². The van der Waals surface area contributed by atoms with E-state index in [4.69, 9.17) is 21.1 Å². The van der Waals surface area contributed by atoms with Crippen molar-refractivity contribution in [2.24, 2.45) is 0 Å². The summed E-state index contributed by atoms with van der Waals surface area (Å²) < 4.78 is 11.2. The number of hydrogen-bond donors (Lipinski definition) is 1. The van der Waals surface area contributed by atoms with E-state index < -0.39 is 0 Å². The summed E-state index contributed by atoms with van der Waals surface area (Å²) in [5.41, 5.74) is 0.832. The maximum absolute atomic E-state index is 6.07. The second-order valence-electron chi connectivity index (χ2n) is 5.04. The van der Waals surface area contributed by atoms with Gasteiger partial charge in [0.25, 0.3) is 0 Å². The van der Waals surface area contributed by atoms with Crippen LogP contribution in [-0.2, 0) is 11.2 Å². The Morgan fingerprint density at radius 3 is 2.58 bits per heavy atom. The van der Waals surface area contributed by atoms with Gasteiger partial charge in [-0.2, -0.15) is 0 Å². The first-order chi connectivity index (χ1) is 8.94. The molecule has 0 bridgehead atoms. The molecule has 0 aliphatic heterocycles. The van der Waals surface area contributed by atoms with E-state index in [1.165, 1.54) is 0 Å². The molecule has 3 nitrogen and oxygen atoms in total. The van der Waals surface area contributed by atoms with Gasteiger partial charge in [-0.05, 0) is 58.0 Å². The minimum Gasteiger partial charge on any atom is -0.496 e. The lowest BCUT2D eigenvalue weighted by Crippen LogP contribution is -2.48. The van der Waals surface area contributed by atoms with Crippen molar-refractivity contribution in [3.63, 3.8) is 0 Å². The SMILES string of the molecule is CCOC(C)(C)C(Cc1cc(Cl)ccc1OC)NC. The largest absolute Gasteiger partial charge is 0.496 e. The molecule has 0 radical (unpaired) electrons. The fraction of sp³-hybridized carbons (Fsp3) is 0.600. The molecule has 1 rings (SSSR count). The third-order valence-electron chi connectivity index (χ3n) is 3.37. The number of rotatable bonds is 7. The highest BCUT2D eigenvalue weighted by molar-refractivity contribution is 6.30. The van der Waals surface area contributed by atoms with Crippen molar-refractivity contribution < 1.29 is 9.47 Å². The number of likely N-dealkylation sites (N-methyl/N-ethyl adjacent to an activating group) is 1. The highest BCUT2D eigenvalue weighted by Crippen LogP contribution is 2.27. The Morgan fingerprint density at radius 1 is 1.37 bits per heavy atom. The van der Waals surface area contributed by atoms with Gasteiger partial charge >= 0.3 is 0 Å². The molecule has 0 saturated carbocycles. The van der Waals surface area contributed by atoms with Crippen LogP contribution in [0.4, 0.5) is 0 Å². The molecule has 1 unspecified atom stereocenters. The van der Waals surface area contributed by atoms with Crippen LogP contribution in [0.5, 0.6) is 5.75 Å². The Kier molecular flexibility index (Phi) is 6.11. The first kappa shape index (κ1) is 16.3. The zero-order chi connectivity index (χ0) is 14.5. The molecule has 0 aliphatic rings. The summed E-state index contributed by atoms with van der Waals surface area (Å²) in [6, 6.07) is 5.87. The van der Waals surface area contributed by atoms with E-state index in [1.54, 1.807) is 7.11 Å². The molecule has 19 heavy (non-hydrogen) atoms. The highest BCUT2D eigenvalue weighted by Gasteiger charge is 2.29. The van der Waals surface area contributed by atoms with E-state index in [0.717, 1.165) is 22.8 Å². The molecule has 0 aliphatic carbocycles. The van der Waals surface area contributed by atoms with E-state index in [2.05, 4.69) is 19.2 Å². The van der Waals surface area contributed by atoms with E-state index in [0.29, 0.717) is 6.61 Å². The van der Waals surface area contributed by atoms with Gasteiger partial charge in [-0.3, -0.25) is 0 Å². The lowest BCUT2D eigenvalue weighted by atomic mass is 9.92. The van der Waals surface area contributed by atoms with Crippen LogP contribution in [0.3, 0.4) is 0 Å². The van der Waals surface area contributed by atoms with Gasteiger partial charge in [0, 0.05) is 17.7 Å². The van der Waals surface area contributed by atoms with Crippen molar-refractivity contribution in [3.8, 4) is 5.75 Å². The van der Waals surface area contributed by atoms with Crippen LogP contribution in [0.1, 0.15) is 26.3 Å². The number of nitrogens with one attached hydrogen (secondary N) is 1. The van der Waals surface area contributed by atoms with E-state index in [-0.39, 0.29) is 11.6 Å². The average Bonchev–Trinajstić information content (AvgIpc) is 2.35. The summed E-state index contributed by atoms with van der Waals surface area (Å²) in [5.74, 6) is 0.858. The van der Waals surface area contributed by atoms with Gasteiger partial charge < -0.3 is 14.8 Å². The molecule has 1 aromatic carbocycles. The number of halogens is 1. The Labute approximate surface area is 121 Å². The van der Waals surface area contributed by atoms with Gasteiger partial charge in [0.15, 0.2) is 0 Å². The molecule has 0 fully saturated rings. The standard InChI is InChI=1S/C15H24ClNO2/c1-6-19-15(2,3)14(17-4)10-11-9-12(16)7-8-13(11)18-5/h7-9,14,17H,6,10H2,1-5H3. The zero-order valence-corrected chi connectivity index (χ0v) is 13.2. The van der Waals surface area contributed by atoms with E-state index in [1.807, 2.05) is 32.2 Å². The van der Waals surface area contributed by atoms with Crippen LogP contribution < -0.4 is 10.1 Å². The molecular formula is C15H24ClNO2. The minimum atomic E-state index is -0.253. The molecular weight excluding hydrogens is 262 g/mol. The minimum absolute atomic E-state index is 0.180. The second-order valence-corrected chi connectivity index (χ2v) is 5.47. The third kappa shape index (κ3) is 4.37. The molecule has 1 atom stereocenters.